The fraction of sp³-hybridized carbons (Fsp3) is 0.615. The number of hydrogen-bond donors (Lipinski definition) is 3. The summed E-state index contributed by atoms with van der Waals surface area (Å²) in [7, 11) is 3.00. The molecule has 0 saturated heterocycles. The maximum atomic E-state index is 7.00. The van der Waals surface area contributed by atoms with Crippen molar-refractivity contribution in [3.05, 3.63) is 27.8 Å². The molecule has 1 aromatic rings. The molecular formula is C13H27O3Ti-. The maximum Gasteiger partial charge on any atom is 0.0319 e. The molecule has 0 aromatic heterocycles. The molecule has 0 unspecified atom stereocenters. The zero-order valence-corrected chi connectivity index (χ0v) is 13.9. The van der Waals surface area contributed by atoms with E-state index in [9.17, 15) is 0 Å². The molecule has 0 bridgehead atoms. The number of aliphatic hydroxyl groups excluding tert-OH is 3. The predicted molar refractivity (Wildman–Crippen MR) is 70.1 cm³/mol. The van der Waals surface area contributed by atoms with Crippen LogP contribution < -0.4 is 0 Å². The largest absolute Gasteiger partial charge is 0.400 e. The van der Waals surface area contributed by atoms with Crippen LogP contribution in [0.3, 0.4) is 0 Å². The van der Waals surface area contributed by atoms with Crippen molar-refractivity contribution in [1.82, 2.24) is 0 Å². The fourth-order valence-corrected chi connectivity index (χ4v) is 1.41. The summed E-state index contributed by atoms with van der Waals surface area (Å²) in [5.74, 6) is 0. The SMILES string of the molecule is CO.CO.CO.Cc1c(C)c(C)[c-](C)c1C.[Ti]. The van der Waals surface area contributed by atoms with Crippen LogP contribution in [0.15, 0.2) is 0 Å². The van der Waals surface area contributed by atoms with Gasteiger partial charge in [0, 0.05) is 43.0 Å². The average Bonchev–Trinajstić information content (AvgIpc) is 2.55. The molecule has 0 radical (unpaired) electrons. The van der Waals surface area contributed by atoms with E-state index >= 15 is 0 Å². The Morgan fingerprint density at radius 2 is 0.824 bits per heavy atom. The smallest absolute Gasteiger partial charge is 0.0319 e. The van der Waals surface area contributed by atoms with Crippen LogP contribution in [0.5, 0.6) is 0 Å². The Hall–Kier alpha value is -0.0557. The molecule has 0 heterocycles. The number of rotatable bonds is 0. The van der Waals surface area contributed by atoms with Crippen molar-refractivity contribution in [3.8, 4) is 0 Å². The van der Waals surface area contributed by atoms with Crippen LogP contribution >= 0.6 is 0 Å². The topological polar surface area (TPSA) is 60.7 Å². The Bertz CT molecular complexity index is 188. The maximum absolute atomic E-state index is 7.00. The first kappa shape index (κ1) is 25.7. The van der Waals surface area contributed by atoms with Gasteiger partial charge in [0.1, 0.15) is 0 Å². The van der Waals surface area contributed by atoms with E-state index in [-0.39, 0.29) is 21.7 Å². The third kappa shape index (κ3) is 7.79. The number of hydrogen-bond acceptors (Lipinski definition) is 3. The van der Waals surface area contributed by atoms with Crippen molar-refractivity contribution in [1.29, 1.82) is 0 Å². The summed E-state index contributed by atoms with van der Waals surface area (Å²) >= 11 is 0. The van der Waals surface area contributed by atoms with E-state index in [1.165, 1.54) is 27.8 Å². The normalized spacial score (nSPS) is 7.24. The monoisotopic (exact) mass is 279 g/mol. The van der Waals surface area contributed by atoms with E-state index in [4.69, 9.17) is 15.3 Å². The van der Waals surface area contributed by atoms with Gasteiger partial charge in [-0.15, -0.1) is 0 Å². The molecule has 0 aliphatic rings. The molecule has 0 fully saturated rings. The summed E-state index contributed by atoms with van der Waals surface area (Å²) in [6, 6.07) is 0. The first-order chi connectivity index (χ1) is 7.55. The Labute approximate surface area is 121 Å². The molecule has 4 heteroatoms. The zero-order valence-electron chi connectivity index (χ0n) is 12.3. The second-order valence-corrected chi connectivity index (χ2v) is 3.12. The van der Waals surface area contributed by atoms with Crippen LogP contribution in [0.25, 0.3) is 0 Å². The molecule has 0 aliphatic heterocycles. The van der Waals surface area contributed by atoms with Crippen LogP contribution in [0, 0.1) is 34.6 Å². The Morgan fingerprint density at radius 3 is 0.882 bits per heavy atom. The first-order valence-electron chi connectivity index (χ1n) is 5.09. The second-order valence-electron chi connectivity index (χ2n) is 3.12. The van der Waals surface area contributed by atoms with E-state index in [2.05, 4.69) is 34.6 Å². The summed E-state index contributed by atoms with van der Waals surface area (Å²) in [5, 5.41) is 21.0. The summed E-state index contributed by atoms with van der Waals surface area (Å²) in [6.45, 7) is 11.0. The van der Waals surface area contributed by atoms with Gasteiger partial charge in [-0.3, -0.25) is 0 Å². The minimum absolute atomic E-state index is 0. The third-order valence-corrected chi connectivity index (χ3v) is 2.81. The van der Waals surface area contributed by atoms with Crippen molar-refractivity contribution in [2.45, 2.75) is 34.6 Å². The van der Waals surface area contributed by atoms with E-state index < -0.39 is 0 Å². The standard InChI is InChI=1S/C10H15.3CH4O.Ti/c1-6-7(2)9(4)10(5)8(6)3;3*1-2;/h1-5H3;3*2H,1H3;/q-1;;;;. The van der Waals surface area contributed by atoms with E-state index in [1.54, 1.807) is 0 Å². The van der Waals surface area contributed by atoms with Gasteiger partial charge in [0.25, 0.3) is 0 Å². The van der Waals surface area contributed by atoms with Crippen molar-refractivity contribution in [3.63, 3.8) is 0 Å². The molecule has 102 valence electrons. The first-order valence-corrected chi connectivity index (χ1v) is 5.09. The second kappa shape index (κ2) is 15.9. The summed E-state index contributed by atoms with van der Waals surface area (Å²) in [6.07, 6.45) is 0. The minimum atomic E-state index is 0. The van der Waals surface area contributed by atoms with Crippen molar-refractivity contribution in [2.75, 3.05) is 21.3 Å². The van der Waals surface area contributed by atoms with Gasteiger partial charge >= 0.3 is 0 Å². The van der Waals surface area contributed by atoms with Crippen LogP contribution in [-0.2, 0) is 21.7 Å². The van der Waals surface area contributed by atoms with Gasteiger partial charge in [0.2, 0.25) is 0 Å². The molecule has 3 N–H and O–H groups in total. The molecule has 3 nitrogen and oxygen atoms in total. The van der Waals surface area contributed by atoms with Gasteiger partial charge in [-0.25, -0.2) is 0 Å². The molecular weight excluding hydrogens is 252 g/mol. The van der Waals surface area contributed by atoms with Crippen molar-refractivity contribution >= 4 is 0 Å². The van der Waals surface area contributed by atoms with Gasteiger partial charge in [-0.2, -0.15) is 27.8 Å². The van der Waals surface area contributed by atoms with Crippen LogP contribution in [0.4, 0.5) is 0 Å². The zero-order chi connectivity index (χ0) is 13.9. The molecule has 0 saturated carbocycles. The number of aliphatic hydroxyl groups is 3. The van der Waals surface area contributed by atoms with Crippen molar-refractivity contribution < 1.29 is 37.0 Å². The molecule has 0 amide bonds. The van der Waals surface area contributed by atoms with Gasteiger partial charge in [-0.05, 0) is 0 Å². The Morgan fingerprint density at radius 1 is 0.647 bits per heavy atom. The Balaban J connectivity index is -0.000000106. The molecule has 0 atom stereocenters. The van der Waals surface area contributed by atoms with Crippen molar-refractivity contribution in [2.24, 2.45) is 0 Å². The van der Waals surface area contributed by atoms with E-state index in [1.807, 2.05) is 0 Å². The van der Waals surface area contributed by atoms with Crippen LogP contribution in [0.1, 0.15) is 27.8 Å². The molecule has 0 spiro atoms. The van der Waals surface area contributed by atoms with Crippen LogP contribution in [0.2, 0.25) is 0 Å². The molecule has 0 aliphatic carbocycles. The Kier molecular flexibility index (Phi) is 24.1. The van der Waals surface area contributed by atoms with Gasteiger partial charge in [-0.1, -0.05) is 34.6 Å². The van der Waals surface area contributed by atoms with E-state index in [0.717, 1.165) is 21.3 Å². The average molecular weight is 279 g/mol. The van der Waals surface area contributed by atoms with Crippen LogP contribution in [-0.4, -0.2) is 36.6 Å². The minimum Gasteiger partial charge on any atom is -0.400 e. The summed E-state index contributed by atoms with van der Waals surface area (Å²) in [4.78, 5) is 0. The van der Waals surface area contributed by atoms with Gasteiger partial charge in [0.05, 0.1) is 0 Å². The summed E-state index contributed by atoms with van der Waals surface area (Å²) in [5.41, 5.74) is 7.34. The fourth-order valence-electron chi connectivity index (χ4n) is 1.41. The van der Waals surface area contributed by atoms with E-state index in [0.29, 0.717) is 0 Å². The molecule has 17 heavy (non-hydrogen) atoms. The van der Waals surface area contributed by atoms with Gasteiger partial charge in [0.15, 0.2) is 0 Å². The third-order valence-electron chi connectivity index (χ3n) is 2.81. The quantitative estimate of drug-likeness (QED) is 0.501. The molecule has 1 aromatic carbocycles. The molecule has 1 rings (SSSR count). The van der Waals surface area contributed by atoms with Gasteiger partial charge < -0.3 is 15.3 Å². The summed E-state index contributed by atoms with van der Waals surface area (Å²) < 4.78 is 0. The predicted octanol–water partition coefficient (Wildman–Crippen LogP) is 1.77.